The van der Waals surface area contributed by atoms with Gasteiger partial charge in [0.2, 0.25) is 0 Å². The number of para-hydroxylation sites is 1. The van der Waals surface area contributed by atoms with Crippen LogP contribution in [-0.4, -0.2) is 15.6 Å². The molecule has 4 nitrogen and oxygen atoms in total. The monoisotopic (exact) mass is 304 g/mol. The number of aryl methyl sites for hydroxylation is 2. The largest absolute Gasteiger partial charge is 0.483 e. The van der Waals surface area contributed by atoms with E-state index < -0.39 is 0 Å². The molecule has 0 radical (unpaired) electrons. The average Bonchev–Trinajstić information content (AvgIpc) is 2.71. The maximum atomic E-state index is 6.12. The number of hydrogen-bond donors (Lipinski definition) is 0. The average molecular weight is 305 g/mol. The lowest BCUT2D eigenvalue weighted by Gasteiger charge is -2.18. The molecule has 3 rings (SSSR count). The van der Waals surface area contributed by atoms with Gasteiger partial charge in [0.1, 0.15) is 5.60 Å². The van der Waals surface area contributed by atoms with Gasteiger partial charge in [0.15, 0.2) is 16.7 Å². The maximum Gasteiger partial charge on any atom is 0.258 e. The molecule has 0 N–H and O–H groups in total. The van der Waals surface area contributed by atoms with Gasteiger partial charge in [-0.1, -0.05) is 23.7 Å². The van der Waals surface area contributed by atoms with Crippen LogP contribution in [-0.2, 0) is 6.42 Å². The molecule has 2 aromatic rings. The first kappa shape index (κ1) is 14.1. The fourth-order valence-corrected chi connectivity index (χ4v) is 2.60. The zero-order chi connectivity index (χ0) is 15.2. The van der Waals surface area contributed by atoms with Crippen LogP contribution in [0.3, 0.4) is 0 Å². The minimum absolute atomic E-state index is 0.222. The molecule has 0 spiro atoms. The summed E-state index contributed by atoms with van der Waals surface area (Å²) in [7, 11) is 0. The van der Waals surface area contributed by atoms with Crippen molar-refractivity contribution in [1.29, 1.82) is 0 Å². The van der Waals surface area contributed by atoms with E-state index in [0.717, 1.165) is 29.1 Å². The van der Waals surface area contributed by atoms with E-state index in [0.29, 0.717) is 11.6 Å². The second kappa shape index (κ2) is 4.88. The number of ether oxygens (including phenoxy) is 2. The molecule has 0 amide bonds. The van der Waals surface area contributed by atoms with E-state index in [4.69, 9.17) is 21.1 Å². The molecule has 0 bridgehead atoms. The van der Waals surface area contributed by atoms with Gasteiger partial charge < -0.3 is 9.47 Å². The van der Waals surface area contributed by atoms with Crippen molar-refractivity contribution in [3.8, 4) is 17.4 Å². The second-order valence-electron chi connectivity index (χ2n) is 5.88. The standard InChI is InChI=1S/C16H17ClN2O2/c1-9-10(2)19-15(14(17)18-9)20-12-7-5-6-11-8-16(3,4)21-13(11)12/h5-7H,8H2,1-4H3. The summed E-state index contributed by atoms with van der Waals surface area (Å²) in [4.78, 5) is 8.59. The van der Waals surface area contributed by atoms with Crippen LogP contribution >= 0.6 is 11.6 Å². The predicted octanol–water partition coefficient (Wildman–Crippen LogP) is 4.25. The SMILES string of the molecule is Cc1nc(Cl)c(Oc2cccc3c2OC(C)(C)C3)nc1C. The van der Waals surface area contributed by atoms with Crippen LogP contribution in [0.1, 0.15) is 30.8 Å². The van der Waals surface area contributed by atoms with Crippen molar-refractivity contribution < 1.29 is 9.47 Å². The molecule has 0 saturated heterocycles. The Kier molecular flexibility index (Phi) is 3.29. The zero-order valence-corrected chi connectivity index (χ0v) is 13.3. The van der Waals surface area contributed by atoms with Gasteiger partial charge in [0, 0.05) is 12.0 Å². The molecule has 1 aliphatic rings. The summed E-state index contributed by atoms with van der Waals surface area (Å²) in [5.74, 6) is 1.69. The summed E-state index contributed by atoms with van der Waals surface area (Å²) in [6.45, 7) is 7.85. The van der Waals surface area contributed by atoms with Crippen LogP contribution in [0.25, 0.3) is 0 Å². The number of halogens is 1. The number of benzene rings is 1. The van der Waals surface area contributed by atoms with E-state index in [1.165, 1.54) is 0 Å². The number of fused-ring (bicyclic) bond motifs is 1. The van der Waals surface area contributed by atoms with E-state index in [9.17, 15) is 0 Å². The summed E-state index contributed by atoms with van der Waals surface area (Å²) < 4.78 is 11.8. The molecule has 21 heavy (non-hydrogen) atoms. The number of rotatable bonds is 2. The van der Waals surface area contributed by atoms with E-state index >= 15 is 0 Å². The third-order valence-corrected chi connectivity index (χ3v) is 3.74. The van der Waals surface area contributed by atoms with Gasteiger partial charge in [-0.2, -0.15) is 0 Å². The Bertz CT molecular complexity index is 714. The molecule has 1 aromatic heterocycles. The van der Waals surface area contributed by atoms with Crippen LogP contribution in [0.4, 0.5) is 0 Å². The lowest BCUT2D eigenvalue weighted by molar-refractivity contribution is 0.135. The van der Waals surface area contributed by atoms with Crippen molar-refractivity contribution in [3.05, 3.63) is 40.3 Å². The smallest absolute Gasteiger partial charge is 0.258 e. The van der Waals surface area contributed by atoms with Crippen LogP contribution in [0, 0.1) is 13.8 Å². The molecule has 0 unspecified atom stereocenters. The van der Waals surface area contributed by atoms with Crippen molar-refractivity contribution in [2.24, 2.45) is 0 Å². The van der Waals surface area contributed by atoms with Gasteiger partial charge in [0.25, 0.3) is 5.88 Å². The molecular formula is C16H17ClN2O2. The molecule has 0 fully saturated rings. The maximum absolute atomic E-state index is 6.12. The van der Waals surface area contributed by atoms with Crippen molar-refractivity contribution >= 4 is 11.6 Å². The Morgan fingerprint density at radius 3 is 2.67 bits per heavy atom. The highest BCUT2D eigenvalue weighted by Gasteiger charge is 2.32. The van der Waals surface area contributed by atoms with Gasteiger partial charge in [-0.15, -0.1) is 0 Å². The fourth-order valence-electron chi connectivity index (χ4n) is 2.39. The van der Waals surface area contributed by atoms with Gasteiger partial charge in [-0.05, 0) is 33.8 Å². The van der Waals surface area contributed by atoms with E-state index in [-0.39, 0.29) is 10.8 Å². The van der Waals surface area contributed by atoms with Crippen molar-refractivity contribution in [3.63, 3.8) is 0 Å². The Morgan fingerprint density at radius 1 is 1.19 bits per heavy atom. The zero-order valence-electron chi connectivity index (χ0n) is 12.5. The number of aromatic nitrogens is 2. The molecule has 0 aliphatic carbocycles. The summed E-state index contributed by atoms with van der Waals surface area (Å²) in [6, 6.07) is 5.85. The van der Waals surface area contributed by atoms with Crippen LogP contribution in [0.2, 0.25) is 5.15 Å². The fraction of sp³-hybridized carbons (Fsp3) is 0.375. The summed E-state index contributed by atoms with van der Waals surface area (Å²) in [5.41, 5.74) is 2.50. The first-order valence-electron chi connectivity index (χ1n) is 6.85. The normalized spacial score (nSPS) is 15.5. The van der Waals surface area contributed by atoms with Gasteiger partial charge in [0.05, 0.1) is 11.4 Å². The Balaban J connectivity index is 1.98. The summed E-state index contributed by atoms with van der Waals surface area (Å²) >= 11 is 6.12. The molecular weight excluding hydrogens is 288 g/mol. The minimum Gasteiger partial charge on any atom is -0.483 e. The lowest BCUT2D eigenvalue weighted by atomic mass is 10.0. The topological polar surface area (TPSA) is 44.2 Å². The highest BCUT2D eigenvalue weighted by molar-refractivity contribution is 6.30. The Hall–Kier alpha value is -1.81. The molecule has 0 atom stereocenters. The first-order chi connectivity index (χ1) is 9.85. The van der Waals surface area contributed by atoms with Crippen LogP contribution in [0.15, 0.2) is 18.2 Å². The highest BCUT2D eigenvalue weighted by atomic mass is 35.5. The minimum atomic E-state index is -0.222. The molecule has 1 aromatic carbocycles. The van der Waals surface area contributed by atoms with E-state index in [1.54, 1.807) is 0 Å². The molecule has 2 heterocycles. The van der Waals surface area contributed by atoms with Crippen molar-refractivity contribution in [1.82, 2.24) is 9.97 Å². The molecule has 0 saturated carbocycles. The van der Waals surface area contributed by atoms with Gasteiger partial charge in [-0.3, -0.25) is 0 Å². The lowest BCUT2D eigenvalue weighted by Crippen LogP contribution is -2.24. The molecule has 5 heteroatoms. The highest BCUT2D eigenvalue weighted by Crippen LogP contribution is 2.43. The predicted molar refractivity (Wildman–Crippen MR) is 81.4 cm³/mol. The van der Waals surface area contributed by atoms with Crippen LogP contribution in [0.5, 0.6) is 17.4 Å². The van der Waals surface area contributed by atoms with Crippen LogP contribution < -0.4 is 9.47 Å². The Labute approximate surface area is 129 Å². The van der Waals surface area contributed by atoms with Gasteiger partial charge >= 0.3 is 0 Å². The Morgan fingerprint density at radius 2 is 1.90 bits per heavy atom. The summed E-state index contributed by atoms with van der Waals surface area (Å²) in [6.07, 6.45) is 0.853. The first-order valence-corrected chi connectivity index (χ1v) is 7.23. The number of hydrogen-bond acceptors (Lipinski definition) is 4. The second-order valence-corrected chi connectivity index (χ2v) is 6.23. The summed E-state index contributed by atoms with van der Waals surface area (Å²) in [5, 5.41) is 0.257. The van der Waals surface area contributed by atoms with Crippen molar-refractivity contribution in [2.45, 2.75) is 39.7 Å². The quantitative estimate of drug-likeness (QED) is 0.832. The van der Waals surface area contributed by atoms with Crippen molar-refractivity contribution in [2.75, 3.05) is 0 Å². The third kappa shape index (κ3) is 2.68. The van der Waals surface area contributed by atoms with Gasteiger partial charge in [-0.25, -0.2) is 9.97 Å². The molecule has 1 aliphatic heterocycles. The van der Waals surface area contributed by atoms with E-state index in [1.807, 2.05) is 32.0 Å². The van der Waals surface area contributed by atoms with E-state index in [2.05, 4.69) is 23.8 Å². The molecule has 110 valence electrons. The number of nitrogens with zero attached hydrogens (tertiary/aromatic N) is 2. The third-order valence-electron chi connectivity index (χ3n) is 3.50.